The van der Waals surface area contributed by atoms with Crippen LogP contribution in [0.3, 0.4) is 0 Å². The molecule has 0 unspecified atom stereocenters. The van der Waals surface area contributed by atoms with Gasteiger partial charge in [0.1, 0.15) is 16.1 Å². The Morgan fingerprint density at radius 3 is 2.96 bits per heavy atom. The van der Waals surface area contributed by atoms with E-state index < -0.39 is 23.4 Å². The molecule has 24 heavy (non-hydrogen) atoms. The summed E-state index contributed by atoms with van der Waals surface area (Å²) in [6.07, 6.45) is 1.99. The number of rotatable bonds is 7. The highest BCUT2D eigenvalue weighted by molar-refractivity contribution is 8.01. The van der Waals surface area contributed by atoms with E-state index in [2.05, 4.69) is 17.1 Å². The number of aliphatic hydroxyl groups is 1. The molecule has 7 nitrogen and oxygen atoms in total. The smallest absolute Gasteiger partial charge is 0.352 e. The van der Waals surface area contributed by atoms with Gasteiger partial charge in [0.05, 0.1) is 0 Å². The Morgan fingerprint density at radius 1 is 1.46 bits per heavy atom. The fourth-order valence-corrected chi connectivity index (χ4v) is 5.86. The van der Waals surface area contributed by atoms with Gasteiger partial charge in [0.2, 0.25) is 0 Å². The minimum Gasteiger partial charge on any atom is -0.477 e. The van der Waals surface area contributed by atoms with Crippen LogP contribution in [-0.4, -0.2) is 60.2 Å². The van der Waals surface area contributed by atoms with Crippen molar-refractivity contribution >= 4 is 46.7 Å². The van der Waals surface area contributed by atoms with Crippen LogP contribution >= 0.6 is 34.9 Å². The standard InChI is InChI=1S/C14H17N3O4S3/c1-2-3-4-8-15-16-14(24-8)23-6-7-5-22-12-10(18)11(19)17(12)9(7)13(20)21/h10,12,18H,2-6H2,1H3,(H,20,21)/t10-,12-/m1/s1. The number of amides is 1. The maximum absolute atomic E-state index is 11.8. The van der Waals surface area contributed by atoms with Gasteiger partial charge in [0, 0.05) is 17.9 Å². The molecule has 2 atom stereocenters. The lowest BCUT2D eigenvalue weighted by Crippen LogP contribution is -2.64. The van der Waals surface area contributed by atoms with Gasteiger partial charge in [-0.25, -0.2) is 4.79 Å². The normalized spacial score (nSPS) is 23.2. The first-order valence-electron chi connectivity index (χ1n) is 7.56. The van der Waals surface area contributed by atoms with Gasteiger partial charge in [0.25, 0.3) is 5.91 Å². The van der Waals surface area contributed by atoms with Crippen molar-refractivity contribution in [2.45, 2.75) is 42.0 Å². The fraction of sp³-hybridized carbons (Fsp3) is 0.571. The van der Waals surface area contributed by atoms with Gasteiger partial charge in [-0.15, -0.1) is 22.0 Å². The molecule has 130 valence electrons. The largest absolute Gasteiger partial charge is 0.477 e. The van der Waals surface area contributed by atoms with Crippen molar-refractivity contribution in [1.82, 2.24) is 15.1 Å². The second-order valence-corrected chi connectivity index (χ2v) is 8.86. The first-order valence-corrected chi connectivity index (χ1v) is 10.4. The van der Waals surface area contributed by atoms with Crippen molar-refractivity contribution in [1.29, 1.82) is 0 Å². The van der Waals surface area contributed by atoms with Gasteiger partial charge in [-0.3, -0.25) is 9.69 Å². The summed E-state index contributed by atoms with van der Waals surface area (Å²) >= 11 is 4.37. The van der Waals surface area contributed by atoms with Crippen LogP contribution in [0.5, 0.6) is 0 Å². The summed E-state index contributed by atoms with van der Waals surface area (Å²) in [5.74, 6) is -0.729. The van der Waals surface area contributed by atoms with Gasteiger partial charge in [-0.05, 0) is 12.0 Å². The van der Waals surface area contributed by atoms with Gasteiger partial charge < -0.3 is 10.2 Å². The van der Waals surface area contributed by atoms with Gasteiger partial charge in [0.15, 0.2) is 10.4 Å². The average molecular weight is 388 g/mol. The predicted molar refractivity (Wildman–Crippen MR) is 93.0 cm³/mol. The summed E-state index contributed by atoms with van der Waals surface area (Å²) in [6, 6.07) is 0. The Kier molecular flexibility index (Phi) is 5.48. The predicted octanol–water partition coefficient (Wildman–Crippen LogP) is 1.59. The Balaban J connectivity index is 1.70. The number of nitrogens with zero attached hydrogens (tertiary/aromatic N) is 3. The number of β-lactam (4-membered cyclic amide) rings is 1. The number of carbonyl (C=O) groups excluding carboxylic acids is 1. The molecule has 1 saturated heterocycles. The minimum absolute atomic E-state index is 0.0114. The summed E-state index contributed by atoms with van der Waals surface area (Å²) in [6.45, 7) is 2.12. The molecule has 2 aliphatic heterocycles. The molecule has 0 spiro atoms. The molecule has 10 heteroatoms. The SMILES string of the molecule is CCCCc1nnc(SCC2=C(C(=O)O)N3C(=O)[C@@H](O)[C@H]3SC2)s1. The second-order valence-electron chi connectivity index (χ2n) is 5.47. The van der Waals surface area contributed by atoms with Crippen LogP contribution in [-0.2, 0) is 16.0 Å². The molecule has 0 saturated carbocycles. The number of hydrogen-bond donors (Lipinski definition) is 2. The van der Waals surface area contributed by atoms with Crippen LogP contribution in [0.2, 0.25) is 0 Å². The molecule has 0 aliphatic carbocycles. The highest BCUT2D eigenvalue weighted by Gasteiger charge is 2.52. The van der Waals surface area contributed by atoms with Gasteiger partial charge in [-0.2, -0.15) is 0 Å². The van der Waals surface area contributed by atoms with Crippen LogP contribution in [0.25, 0.3) is 0 Å². The summed E-state index contributed by atoms with van der Waals surface area (Å²) in [5, 5.41) is 27.9. The third kappa shape index (κ3) is 3.32. The molecule has 0 bridgehead atoms. The van der Waals surface area contributed by atoms with E-state index in [0.29, 0.717) is 17.1 Å². The van der Waals surface area contributed by atoms with Crippen molar-refractivity contribution < 1.29 is 19.8 Å². The maximum Gasteiger partial charge on any atom is 0.352 e. The molecule has 1 aromatic rings. The molecule has 1 aromatic heterocycles. The minimum atomic E-state index is -1.13. The van der Waals surface area contributed by atoms with Crippen molar-refractivity contribution in [3.63, 3.8) is 0 Å². The van der Waals surface area contributed by atoms with Crippen LogP contribution in [0.15, 0.2) is 15.6 Å². The van der Waals surface area contributed by atoms with Crippen LogP contribution < -0.4 is 0 Å². The molecule has 2 aliphatic rings. The summed E-state index contributed by atoms with van der Waals surface area (Å²) in [7, 11) is 0. The number of aliphatic carboxylic acids is 1. The third-order valence-corrected chi connectivity index (χ3v) is 7.31. The van der Waals surface area contributed by atoms with Crippen molar-refractivity contribution in [2.24, 2.45) is 0 Å². The number of unbranched alkanes of at least 4 members (excludes halogenated alkanes) is 1. The third-order valence-electron chi connectivity index (χ3n) is 3.78. The number of aromatic nitrogens is 2. The van der Waals surface area contributed by atoms with Crippen LogP contribution in [0.1, 0.15) is 24.8 Å². The molecule has 0 radical (unpaired) electrons. The molecule has 3 rings (SSSR count). The average Bonchev–Trinajstić information content (AvgIpc) is 3.04. The second kappa shape index (κ2) is 7.42. The van der Waals surface area contributed by atoms with E-state index in [1.165, 1.54) is 39.8 Å². The molecule has 1 fully saturated rings. The number of carboxylic acid groups (broad SMARTS) is 1. The zero-order valence-corrected chi connectivity index (χ0v) is 15.4. The summed E-state index contributed by atoms with van der Waals surface area (Å²) < 4.78 is 0.806. The highest BCUT2D eigenvalue weighted by Crippen LogP contribution is 2.41. The van der Waals surface area contributed by atoms with E-state index in [4.69, 9.17) is 0 Å². The fourth-order valence-electron chi connectivity index (χ4n) is 2.52. The van der Waals surface area contributed by atoms with E-state index in [9.17, 15) is 19.8 Å². The number of carbonyl (C=O) groups is 2. The summed E-state index contributed by atoms with van der Waals surface area (Å²) in [5.41, 5.74) is 0.691. The molecular formula is C14H17N3O4S3. The number of fused-ring (bicyclic) bond motifs is 1. The topological polar surface area (TPSA) is 104 Å². The van der Waals surface area contributed by atoms with E-state index in [1.54, 1.807) is 0 Å². The number of hydrogen-bond acceptors (Lipinski definition) is 8. The van der Waals surface area contributed by atoms with Crippen LogP contribution in [0.4, 0.5) is 0 Å². The Hall–Kier alpha value is -1.10. The van der Waals surface area contributed by atoms with E-state index in [1.807, 2.05) is 0 Å². The van der Waals surface area contributed by atoms with Crippen molar-refractivity contribution in [2.75, 3.05) is 11.5 Å². The number of aliphatic hydroxyl groups excluding tert-OH is 1. The molecule has 1 amide bonds. The van der Waals surface area contributed by atoms with Gasteiger partial charge >= 0.3 is 5.97 Å². The maximum atomic E-state index is 11.8. The Labute approximate surface area is 151 Å². The number of thioether (sulfide) groups is 2. The zero-order valence-electron chi connectivity index (χ0n) is 13.0. The molecule has 0 aromatic carbocycles. The van der Waals surface area contributed by atoms with E-state index >= 15 is 0 Å². The van der Waals surface area contributed by atoms with E-state index in [0.717, 1.165) is 28.6 Å². The lowest BCUT2D eigenvalue weighted by Gasteiger charge is -2.47. The lowest BCUT2D eigenvalue weighted by atomic mass is 10.1. The number of aryl methyl sites for hydroxylation is 1. The highest BCUT2D eigenvalue weighted by atomic mass is 32.2. The van der Waals surface area contributed by atoms with Crippen molar-refractivity contribution in [3.8, 4) is 0 Å². The quantitative estimate of drug-likeness (QED) is 0.537. The first kappa shape index (κ1) is 17.7. The monoisotopic (exact) mass is 387 g/mol. The Bertz CT molecular complexity index is 691. The van der Waals surface area contributed by atoms with Crippen LogP contribution in [0, 0.1) is 0 Å². The number of carboxylic acids is 1. The molecule has 2 N–H and O–H groups in total. The lowest BCUT2D eigenvalue weighted by molar-refractivity contribution is -0.159. The molecule has 3 heterocycles. The zero-order chi connectivity index (χ0) is 17.3. The van der Waals surface area contributed by atoms with Crippen molar-refractivity contribution in [3.05, 3.63) is 16.3 Å². The first-order chi connectivity index (χ1) is 11.5. The Morgan fingerprint density at radius 2 is 2.25 bits per heavy atom. The van der Waals surface area contributed by atoms with E-state index in [-0.39, 0.29) is 5.70 Å². The molecular weight excluding hydrogens is 370 g/mol. The summed E-state index contributed by atoms with van der Waals surface area (Å²) in [4.78, 5) is 24.5. The van der Waals surface area contributed by atoms with Gasteiger partial charge in [-0.1, -0.05) is 36.4 Å².